The summed E-state index contributed by atoms with van der Waals surface area (Å²) < 4.78 is 0. The monoisotopic (exact) mass is 252 g/mol. The van der Waals surface area contributed by atoms with Crippen LogP contribution in [-0.4, -0.2) is 28.6 Å². The minimum atomic E-state index is -0.171. The molecule has 1 saturated carbocycles. The van der Waals surface area contributed by atoms with Crippen molar-refractivity contribution in [1.82, 2.24) is 10.2 Å². The average Bonchev–Trinajstić information content (AvgIpc) is 3.03. The highest BCUT2D eigenvalue weighted by Crippen LogP contribution is 2.44. The highest BCUT2D eigenvalue weighted by Gasteiger charge is 2.60. The van der Waals surface area contributed by atoms with Gasteiger partial charge < -0.3 is 4.90 Å². The van der Waals surface area contributed by atoms with Gasteiger partial charge in [0.1, 0.15) is 0 Å². The van der Waals surface area contributed by atoms with Gasteiger partial charge in [-0.1, -0.05) is 40.5 Å². The van der Waals surface area contributed by atoms with Crippen molar-refractivity contribution in [2.45, 2.75) is 78.0 Å². The molecule has 1 amide bonds. The summed E-state index contributed by atoms with van der Waals surface area (Å²) in [6.07, 6.45) is 4.59. The normalized spacial score (nSPS) is 27.6. The molecule has 0 aromatic heterocycles. The molecule has 2 aliphatic rings. The molecular weight excluding hydrogens is 224 g/mol. The molecule has 0 bridgehead atoms. The molecule has 0 radical (unpaired) electrons. The highest BCUT2D eigenvalue weighted by molar-refractivity contribution is 5.92. The van der Waals surface area contributed by atoms with Crippen molar-refractivity contribution in [3.8, 4) is 0 Å². The van der Waals surface area contributed by atoms with Crippen molar-refractivity contribution >= 4 is 5.91 Å². The molecule has 1 spiro atoms. The maximum Gasteiger partial charge on any atom is 0.244 e. The van der Waals surface area contributed by atoms with Gasteiger partial charge in [-0.2, -0.15) is 0 Å². The van der Waals surface area contributed by atoms with Crippen LogP contribution in [0.25, 0.3) is 0 Å². The Morgan fingerprint density at radius 1 is 1.28 bits per heavy atom. The first kappa shape index (κ1) is 13.9. The number of carbonyl (C=O) groups excluding carboxylic acids is 1. The third kappa shape index (κ3) is 2.07. The van der Waals surface area contributed by atoms with Gasteiger partial charge in [-0.15, -0.1) is 0 Å². The molecule has 3 heteroatoms. The SMILES string of the molecule is CCC(CC)C(C)N1C(=O)C2(CC2)NC1C(C)C. The Hall–Kier alpha value is -0.570. The summed E-state index contributed by atoms with van der Waals surface area (Å²) >= 11 is 0. The lowest BCUT2D eigenvalue weighted by molar-refractivity contribution is -0.134. The molecular formula is C15H28N2O. The van der Waals surface area contributed by atoms with Gasteiger partial charge in [0.15, 0.2) is 0 Å². The fourth-order valence-corrected chi connectivity index (χ4v) is 3.40. The number of amides is 1. The number of nitrogens with one attached hydrogen (secondary N) is 1. The van der Waals surface area contributed by atoms with Gasteiger partial charge in [0, 0.05) is 6.04 Å². The molecule has 2 rings (SSSR count). The van der Waals surface area contributed by atoms with Crippen molar-refractivity contribution in [3.05, 3.63) is 0 Å². The van der Waals surface area contributed by atoms with E-state index < -0.39 is 0 Å². The summed E-state index contributed by atoms with van der Waals surface area (Å²) in [5.74, 6) is 1.46. The van der Waals surface area contributed by atoms with Gasteiger partial charge in [-0.25, -0.2) is 0 Å². The second-order valence-corrected chi connectivity index (χ2v) is 6.44. The molecule has 1 saturated heterocycles. The lowest BCUT2D eigenvalue weighted by Gasteiger charge is -2.36. The summed E-state index contributed by atoms with van der Waals surface area (Å²) in [5.41, 5.74) is -0.171. The van der Waals surface area contributed by atoms with E-state index >= 15 is 0 Å². The molecule has 2 atom stereocenters. The fourth-order valence-electron chi connectivity index (χ4n) is 3.40. The minimum Gasteiger partial charge on any atom is -0.322 e. The zero-order valence-electron chi connectivity index (χ0n) is 12.5. The fraction of sp³-hybridized carbons (Fsp3) is 0.933. The molecule has 2 unspecified atom stereocenters. The van der Waals surface area contributed by atoms with Crippen molar-refractivity contribution in [3.63, 3.8) is 0 Å². The number of carbonyl (C=O) groups is 1. The third-order valence-electron chi connectivity index (χ3n) is 4.92. The molecule has 1 aliphatic carbocycles. The molecule has 0 aromatic carbocycles. The van der Waals surface area contributed by atoms with Crippen molar-refractivity contribution in [2.75, 3.05) is 0 Å². The van der Waals surface area contributed by atoms with Crippen LogP contribution in [0.15, 0.2) is 0 Å². The second-order valence-electron chi connectivity index (χ2n) is 6.44. The Kier molecular flexibility index (Phi) is 3.72. The first-order valence-corrected chi connectivity index (χ1v) is 7.57. The Morgan fingerprint density at radius 3 is 2.22 bits per heavy atom. The van der Waals surface area contributed by atoms with Gasteiger partial charge in [0.05, 0.1) is 11.7 Å². The summed E-state index contributed by atoms with van der Waals surface area (Å²) in [4.78, 5) is 14.8. The zero-order valence-corrected chi connectivity index (χ0v) is 12.5. The van der Waals surface area contributed by atoms with E-state index in [1.807, 2.05) is 0 Å². The van der Waals surface area contributed by atoms with E-state index in [2.05, 4.69) is 44.8 Å². The van der Waals surface area contributed by atoms with Crippen molar-refractivity contribution in [2.24, 2.45) is 11.8 Å². The summed E-state index contributed by atoms with van der Waals surface area (Å²) in [5, 5.41) is 3.60. The quantitative estimate of drug-likeness (QED) is 0.816. The standard InChI is InChI=1S/C15H28N2O/c1-6-12(7-2)11(5)17-13(10(3)4)16-15(8-9-15)14(17)18/h10-13,16H,6-9H2,1-5H3. The van der Waals surface area contributed by atoms with E-state index in [0.717, 1.165) is 25.7 Å². The number of nitrogens with zero attached hydrogens (tertiary/aromatic N) is 1. The third-order valence-corrected chi connectivity index (χ3v) is 4.92. The Bertz CT molecular complexity index is 318. The van der Waals surface area contributed by atoms with Crippen LogP contribution in [0.3, 0.4) is 0 Å². The van der Waals surface area contributed by atoms with Crippen LogP contribution >= 0.6 is 0 Å². The molecule has 1 aliphatic heterocycles. The maximum atomic E-state index is 12.6. The van der Waals surface area contributed by atoms with Gasteiger partial charge in [-0.05, 0) is 31.6 Å². The summed E-state index contributed by atoms with van der Waals surface area (Å²) in [6, 6.07) is 0.354. The molecule has 3 nitrogen and oxygen atoms in total. The second kappa shape index (κ2) is 4.84. The van der Waals surface area contributed by atoms with Crippen LogP contribution in [0.4, 0.5) is 0 Å². The van der Waals surface area contributed by atoms with Crippen LogP contribution in [0.5, 0.6) is 0 Å². The molecule has 18 heavy (non-hydrogen) atoms. The zero-order chi connectivity index (χ0) is 13.5. The van der Waals surface area contributed by atoms with Gasteiger partial charge in [-0.3, -0.25) is 10.1 Å². The predicted molar refractivity (Wildman–Crippen MR) is 74.1 cm³/mol. The van der Waals surface area contributed by atoms with E-state index in [0.29, 0.717) is 23.8 Å². The molecule has 0 aromatic rings. The number of hydrogen-bond donors (Lipinski definition) is 1. The van der Waals surface area contributed by atoms with Crippen molar-refractivity contribution < 1.29 is 4.79 Å². The minimum absolute atomic E-state index is 0.171. The summed E-state index contributed by atoms with van der Waals surface area (Å²) in [7, 11) is 0. The first-order chi connectivity index (χ1) is 8.46. The number of hydrogen-bond acceptors (Lipinski definition) is 2. The first-order valence-electron chi connectivity index (χ1n) is 7.57. The van der Waals surface area contributed by atoms with E-state index in [1.165, 1.54) is 0 Å². The molecule has 1 heterocycles. The number of rotatable bonds is 5. The summed E-state index contributed by atoms with van der Waals surface area (Å²) in [6.45, 7) is 11.1. The van der Waals surface area contributed by atoms with E-state index in [1.54, 1.807) is 0 Å². The Balaban J connectivity index is 2.20. The lowest BCUT2D eigenvalue weighted by atomic mass is 9.93. The van der Waals surface area contributed by atoms with Crippen LogP contribution in [-0.2, 0) is 4.79 Å². The van der Waals surface area contributed by atoms with Crippen LogP contribution in [0, 0.1) is 11.8 Å². The van der Waals surface area contributed by atoms with Gasteiger partial charge >= 0.3 is 0 Å². The largest absolute Gasteiger partial charge is 0.322 e. The predicted octanol–water partition coefficient (Wildman–Crippen LogP) is 2.76. The van der Waals surface area contributed by atoms with Crippen LogP contribution < -0.4 is 5.32 Å². The maximum absolute atomic E-state index is 12.6. The Morgan fingerprint density at radius 2 is 1.83 bits per heavy atom. The van der Waals surface area contributed by atoms with E-state index in [-0.39, 0.29) is 11.7 Å². The smallest absolute Gasteiger partial charge is 0.244 e. The van der Waals surface area contributed by atoms with Gasteiger partial charge in [0.25, 0.3) is 0 Å². The topological polar surface area (TPSA) is 32.3 Å². The van der Waals surface area contributed by atoms with E-state index in [9.17, 15) is 4.79 Å². The van der Waals surface area contributed by atoms with Crippen LogP contribution in [0.1, 0.15) is 60.3 Å². The van der Waals surface area contributed by atoms with Crippen molar-refractivity contribution in [1.29, 1.82) is 0 Å². The lowest BCUT2D eigenvalue weighted by Crippen LogP contribution is -2.48. The molecule has 2 fully saturated rings. The molecule has 104 valence electrons. The average molecular weight is 252 g/mol. The van der Waals surface area contributed by atoms with Crippen LogP contribution in [0.2, 0.25) is 0 Å². The highest BCUT2D eigenvalue weighted by atomic mass is 16.2. The Labute approximate surface area is 111 Å². The molecule has 1 N–H and O–H groups in total. The van der Waals surface area contributed by atoms with E-state index in [4.69, 9.17) is 0 Å². The van der Waals surface area contributed by atoms with Gasteiger partial charge in [0.2, 0.25) is 5.91 Å².